The van der Waals surface area contributed by atoms with Crippen molar-refractivity contribution < 1.29 is 0 Å². The van der Waals surface area contributed by atoms with Crippen LogP contribution in [0.4, 0.5) is 0 Å². The Morgan fingerprint density at radius 3 is 1.33 bits per heavy atom. The van der Waals surface area contributed by atoms with Crippen molar-refractivity contribution in [2.75, 3.05) is 0 Å². The molecule has 0 saturated carbocycles. The summed E-state index contributed by atoms with van der Waals surface area (Å²) in [5.41, 5.74) is 0. The highest BCUT2D eigenvalue weighted by molar-refractivity contribution is 9.09. The quantitative estimate of drug-likeness (QED) is 0.690. The summed E-state index contributed by atoms with van der Waals surface area (Å²) in [4.78, 5) is 2.59. The predicted molar refractivity (Wildman–Crippen MR) is 72.2 cm³/mol. The lowest BCUT2D eigenvalue weighted by Gasteiger charge is -1.99. The van der Waals surface area contributed by atoms with Crippen LogP contribution in [0.3, 0.4) is 0 Å². The largest absolute Gasteiger partial charge is 0.0622 e. The zero-order valence-electron chi connectivity index (χ0n) is 8.00. The third kappa shape index (κ3) is 3.86. The van der Waals surface area contributed by atoms with E-state index in [9.17, 15) is 0 Å². The third-order valence-corrected chi connectivity index (χ3v) is 5.60. The molecule has 0 spiro atoms. The van der Waals surface area contributed by atoms with Crippen LogP contribution in [0.15, 0.2) is 70.5 Å². The van der Waals surface area contributed by atoms with Crippen LogP contribution in [0.25, 0.3) is 0 Å². The number of rotatable bonds is 4. The topological polar surface area (TPSA) is 0 Å². The molecule has 0 aliphatic carbocycles. The summed E-state index contributed by atoms with van der Waals surface area (Å²) in [7, 11) is 5.38. The highest BCUT2D eigenvalue weighted by Crippen LogP contribution is 2.43. The molecule has 0 bridgehead atoms. The molecule has 0 fully saturated rings. The van der Waals surface area contributed by atoms with Gasteiger partial charge in [0.1, 0.15) is 0 Å². The molecule has 2 aromatic rings. The van der Waals surface area contributed by atoms with Crippen molar-refractivity contribution in [3.63, 3.8) is 0 Å². The molecule has 0 N–H and O–H groups in total. The number of hydrogen-bond acceptors (Lipinski definition) is 3. The molecule has 0 atom stereocenters. The van der Waals surface area contributed by atoms with Crippen LogP contribution in [0.1, 0.15) is 0 Å². The average Bonchev–Trinajstić information content (AvgIpc) is 2.32. The van der Waals surface area contributed by atoms with E-state index in [2.05, 4.69) is 48.5 Å². The average molecular weight is 250 g/mol. The Hall–Kier alpha value is -0.510. The number of hydrogen-bond donors (Lipinski definition) is 0. The Labute approximate surface area is 102 Å². The Kier molecular flexibility index (Phi) is 4.51. The fraction of sp³-hybridized carbons (Fsp3) is 0. The van der Waals surface area contributed by atoms with E-state index in [0.29, 0.717) is 0 Å². The minimum Gasteiger partial charge on any atom is -0.0622 e. The van der Waals surface area contributed by atoms with Crippen molar-refractivity contribution in [1.82, 2.24) is 0 Å². The van der Waals surface area contributed by atoms with Crippen LogP contribution >= 0.6 is 31.4 Å². The second-order valence-corrected chi connectivity index (χ2v) is 6.91. The molecule has 0 heterocycles. The van der Waals surface area contributed by atoms with E-state index in [1.54, 1.807) is 31.4 Å². The Morgan fingerprint density at radius 2 is 0.933 bits per heavy atom. The molecule has 76 valence electrons. The molecule has 0 aliphatic rings. The zero-order valence-corrected chi connectivity index (χ0v) is 10.4. The van der Waals surface area contributed by atoms with E-state index in [1.807, 2.05) is 12.1 Å². The standard InChI is InChI=1S/C12H10S3/c1-3-7-11(8-4-1)13-15-14-12-9-5-2-6-10-12/h1-10H. The van der Waals surface area contributed by atoms with E-state index in [-0.39, 0.29) is 0 Å². The van der Waals surface area contributed by atoms with Crippen LogP contribution in [0.5, 0.6) is 0 Å². The summed E-state index contributed by atoms with van der Waals surface area (Å²) >= 11 is 0. The monoisotopic (exact) mass is 250 g/mol. The van der Waals surface area contributed by atoms with Gasteiger partial charge in [-0.3, -0.25) is 0 Å². The molecule has 0 unspecified atom stereocenters. The lowest BCUT2D eigenvalue weighted by molar-refractivity contribution is 1.48. The van der Waals surface area contributed by atoms with E-state index < -0.39 is 0 Å². The van der Waals surface area contributed by atoms with Crippen LogP contribution in [-0.4, -0.2) is 0 Å². The van der Waals surface area contributed by atoms with Crippen molar-refractivity contribution in [3.05, 3.63) is 60.7 Å². The summed E-state index contributed by atoms with van der Waals surface area (Å²) in [5, 5.41) is 0. The summed E-state index contributed by atoms with van der Waals surface area (Å²) in [6.45, 7) is 0. The highest BCUT2D eigenvalue weighted by Gasteiger charge is 1.95. The lowest BCUT2D eigenvalue weighted by atomic mass is 10.4. The predicted octanol–water partition coefficient (Wildman–Crippen LogP) is 5.13. The van der Waals surface area contributed by atoms with Gasteiger partial charge in [-0.1, -0.05) is 36.4 Å². The molecule has 2 aromatic carbocycles. The van der Waals surface area contributed by atoms with Crippen molar-refractivity contribution in [1.29, 1.82) is 0 Å². The van der Waals surface area contributed by atoms with Gasteiger partial charge in [-0.2, -0.15) is 0 Å². The summed E-state index contributed by atoms with van der Waals surface area (Å²) < 4.78 is 0. The van der Waals surface area contributed by atoms with Crippen molar-refractivity contribution in [2.24, 2.45) is 0 Å². The van der Waals surface area contributed by atoms with E-state index in [4.69, 9.17) is 0 Å². The SMILES string of the molecule is c1ccc(SSSc2ccccc2)cc1. The van der Waals surface area contributed by atoms with Gasteiger partial charge >= 0.3 is 0 Å². The van der Waals surface area contributed by atoms with Gasteiger partial charge in [0.15, 0.2) is 0 Å². The van der Waals surface area contributed by atoms with Gasteiger partial charge < -0.3 is 0 Å². The molecular formula is C12H10S3. The first kappa shape index (κ1) is 11.0. The minimum atomic E-state index is 1.30. The first-order valence-electron chi connectivity index (χ1n) is 4.56. The van der Waals surface area contributed by atoms with E-state index >= 15 is 0 Å². The smallest absolute Gasteiger partial charge is 0.0191 e. The van der Waals surface area contributed by atoms with Gasteiger partial charge in [0.05, 0.1) is 0 Å². The second kappa shape index (κ2) is 6.16. The minimum absolute atomic E-state index is 1.30. The first-order valence-corrected chi connectivity index (χ1v) is 8.05. The maximum absolute atomic E-state index is 2.13. The summed E-state index contributed by atoms with van der Waals surface area (Å²) in [6, 6.07) is 20.9. The Morgan fingerprint density at radius 1 is 0.533 bits per heavy atom. The normalized spacial score (nSPS) is 10.1. The van der Waals surface area contributed by atoms with Crippen LogP contribution in [-0.2, 0) is 0 Å². The maximum atomic E-state index is 2.13. The van der Waals surface area contributed by atoms with Crippen LogP contribution in [0.2, 0.25) is 0 Å². The maximum Gasteiger partial charge on any atom is 0.0191 e. The number of benzene rings is 2. The van der Waals surface area contributed by atoms with E-state index in [1.165, 1.54) is 9.79 Å². The highest BCUT2D eigenvalue weighted by atomic mass is 33.5. The molecule has 0 aliphatic heterocycles. The summed E-state index contributed by atoms with van der Waals surface area (Å²) in [6.07, 6.45) is 0. The van der Waals surface area contributed by atoms with Gasteiger partial charge in [0.2, 0.25) is 0 Å². The molecule has 15 heavy (non-hydrogen) atoms. The molecule has 0 amide bonds. The molecular weight excluding hydrogens is 240 g/mol. The van der Waals surface area contributed by atoms with Gasteiger partial charge in [-0.05, 0) is 55.7 Å². The van der Waals surface area contributed by atoms with Gasteiger partial charge in [0.25, 0.3) is 0 Å². The van der Waals surface area contributed by atoms with E-state index in [0.717, 1.165) is 0 Å². The van der Waals surface area contributed by atoms with Gasteiger partial charge in [0, 0.05) is 9.79 Å². The third-order valence-electron chi connectivity index (χ3n) is 1.75. The molecule has 3 heteroatoms. The Bertz CT molecular complexity index is 347. The van der Waals surface area contributed by atoms with Crippen LogP contribution < -0.4 is 0 Å². The summed E-state index contributed by atoms with van der Waals surface area (Å²) in [5.74, 6) is 0. The molecule has 0 radical (unpaired) electrons. The molecule has 2 rings (SSSR count). The molecule has 0 nitrogen and oxygen atoms in total. The van der Waals surface area contributed by atoms with Gasteiger partial charge in [-0.15, -0.1) is 0 Å². The van der Waals surface area contributed by atoms with Crippen molar-refractivity contribution in [3.8, 4) is 0 Å². The van der Waals surface area contributed by atoms with Gasteiger partial charge in [-0.25, -0.2) is 0 Å². The Balaban J connectivity index is 1.81. The van der Waals surface area contributed by atoms with Crippen LogP contribution in [0, 0.1) is 0 Å². The van der Waals surface area contributed by atoms with Crippen molar-refractivity contribution in [2.45, 2.75) is 9.79 Å². The fourth-order valence-electron chi connectivity index (χ4n) is 1.05. The second-order valence-electron chi connectivity index (χ2n) is 2.86. The fourth-order valence-corrected chi connectivity index (χ4v) is 4.74. The zero-order chi connectivity index (χ0) is 10.3. The lowest BCUT2D eigenvalue weighted by Crippen LogP contribution is -1.64. The molecule has 0 saturated heterocycles. The first-order chi connectivity index (χ1) is 7.45. The van der Waals surface area contributed by atoms with Crippen molar-refractivity contribution >= 4 is 31.4 Å². The molecule has 0 aromatic heterocycles.